The van der Waals surface area contributed by atoms with Crippen LogP contribution < -0.4 is 10.6 Å². The minimum absolute atomic E-state index is 0.00748. The van der Waals surface area contributed by atoms with E-state index >= 15 is 0 Å². The Bertz CT molecular complexity index is 670. The minimum atomic E-state index is -0.548. The quantitative estimate of drug-likeness (QED) is 0.890. The highest BCUT2D eigenvalue weighted by atomic mass is 19.1. The van der Waals surface area contributed by atoms with E-state index in [1.165, 1.54) is 18.3 Å². The Morgan fingerprint density at radius 1 is 1.30 bits per heavy atom. The number of anilines is 2. The van der Waals surface area contributed by atoms with E-state index in [4.69, 9.17) is 4.74 Å². The number of halogens is 1. The fraction of sp³-hybridized carbons (Fsp3) is 0.294. The van der Waals surface area contributed by atoms with Gasteiger partial charge in [0.05, 0.1) is 23.6 Å². The van der Waals surface area contributed by atoms with Crippen molar-refractivity contribution in [3.05, 3.63) is 54.0 Å². The van der Waals surface area contributed by atoms with Gasteiger partial charge in [0.2, 0.25) is 0 Å². The topological polar surface area (TPSA) is 63.2 Å². The molecule has 0 saturated carbocycles. The molecule has 0 bridgehead atoms. The molecule has 0 radical (unpaired) electrons. The van der Waals surface area contributed by atoms with E-state index in [1.807, 2.05) is 0 Å². The Hall–Kier alpha value is -2.47. The highest BCUT2D eigenvalue weighted by molar-refractivity contribution is 6.04. The summed E-state index contributed by atoms with van der Waals surface area (Å²) in [7, 11) is 0. The summed E-state index contributed by atoms with van der Waals surface area (Å²) in [5, 5.41) is 5.83. The van der Waals surface area contributed by atoms with E-state index < -0.39 is 11.7 Å². The zero-order valence-electron chi connectivity index (χ0n) is 12.6. The summed E-state index contributed by atoms with van der Waals surface area (Å²) in [5.74, 6) is -0.331. The van der Waals surface area contributed by atoms with E-state index in [2.05, 4.69) is 15.6 Å². The Labute approximate surface area is 133 Å². The third-order valence-corrected chi connectivity index (χ3v) is 3.67. The summed E-state index contributed by atoms with van der Waals surface area (Å²) in [6, 6.07) is 9.35. The summed E-state index contributed by atoms with van der Waals surface area (Å²) in [6.07, 6.45) is 3.93. The zero-order chi connectivity index (χ0) is 16.1. The summed E-state index contributed by atoms with van der Waals surface area (Å²) in [4.78, 5) is 16.2. The first-order chi connectivity index (χ1) is 11.2. The number of aromatic nitrogens is 1. The number of hydrogen-bond acceptors (Lipinski definition) is 4. The van der Waals surface area contributed by atoms with Crippen LogP contribution in [0.5, 0.6) is 0 Å². The molecule has 2 N–H and O–H groups in total. The molecule has 1 unspecified atom stereocenters. The van der Waals surface area contributed by atoms with Crippen LogP contribution in [0, 0.1) is 5.82 Å². The normalized spacial score (nSPS) is 17.0. The zero-order valence-corrected chi connectivity index (χ0v) is 12.6. The SMILES string of the molecule is O=C(Nc1ccc(NCC2CCCO2)nc1)c1ccccc1F. The number of amides is 1. The molecule has 120 valence electrons. The van der Waals surface area contributed by atoms with Crippen molar-refractivity contribution in [3.63, 3.8) is 0 Å². The molecule has 1 aromatic heterocycles. The number of pyridine rings is 1. The number of carbonyl (C=O) groups is 1. The first-order valence-electron chi connectivity index (χ1n) is 7.60. The average Bonchev–Trinajstić information content (AvgIpc) is 3.08. The van der Waals surface area contributed by atoms with Crippen LogP contribution in [-0.2, 0) is 4.74 Å². The molecule has 6 heteroatoms. The number of benzene rings is 1. The van der Waals surface area contributed by atoms with Gasteiger partial charge < -0.3 is 15.4 Å². The van der Waals surface area contributed by atoms with E-state index in [-0.39, 0.29) is 11.7 Å². The first kappa shape index (κ1) is 15.4. The lowest BCUT2D eigenvalue weighted by atomic mass is 10.2. The van der Waals surface area contributed by atoms with Crippen molar-refractivity contribution in [3.8, 4) is 0 Å². The van der Waals surface area contributed by atoms with E-state index in [0.29, 0.717) is 18.1 Å². The maximum Gasteiger partial charge on any atom is 0.258 e. The van der Waals surface area contributed by atoms with Gasteiger partial charge in [0.15, 0.2) is 0 Å². The van der Waals surface area contributed by atoms with Crippen LogP contribution in [0.4, 0.5) is 15.9 Å². The molecule has 5 nitrogen and oxygen atoms in total. The number of carbonyl (C=O) groups excluding carboxylic acids is 1. The van der Waals surface area contributed by atoms with Crippen LogP contribution in [0.2, 0.25) is 0 Å². The van der Waals surface area contributed by atoms with E-state index in [1.54, 1.807) is 24.3 Å². The first-order valence-corrected chi connectivity index (χ1v) is 7.60. The number of nitrogens with one attached hydrogen (secondary N) is 2. The van der Waals surface area contributed by atoms with E-state index in [9.17, 15) is 9.18 Å². The fourth-order valence-electron chi connectivity index (χ4n) is 2.44. The van der Waals surface area contributed by atoms with Crippen LogP contribution in [0.3, 0.4) is 0 Å². The number of nitrogens with zero attached hydrogens (tertiary/aromatic N) is 1. The summed E-state index contributed by atoms with van der Waals surface area (Å²) in [6.45, 7) is 1.54. The summed E-state index contributed by atoms with van der Waals surface area (Å²) < 4.78 is 19.1. The Kier molecular flexibility index (Phi) is 4.83. The van der Waals surface area contributed by atoms with Gasteiger partial charge in [-0.3, -0.25) is 4.79 Å². The smallest absolute Gasteiger partial charge is 0.258 e. The van der Waals surface area contributed by atoms with Crippen LogP contribution in [0.15, 0.2) is 42.6 Å². The Balaban J connectivity index is 1.56. The minimum Gasteiger partial charge on any atom is -0.376 e. The monoisotopic (exact) mass is 315 g/mol. The predicted octanol–water partition coefficient (Wildman–Crippen LogP) is 3.06. The maximum absolute atomic E-state index is 13.6. The molecule has 1 atom stereocenters. The van der Waals surface area contributed by atoms with Crippen molar-refractivity contribution in [2.24, 2.45) is 0 Å². The molecule has 2 heterocycles. The molecule has 0 spiro atoms. The van der Waals surface area contributed by atoms with Crippen molar-refractivity contribution in [1.29, 1.82) is 0 Å². The van der Waals surface area contributed by atoms with Gasteiger partial charge >= 0.3 is 0 Å². The highest BCUT2D eigenvalue weighted by Gasteiger charge is 2.15. The van der Waals surface area contributed by atoms with E-state index in [0.717, 1.165) is 19.4 Å². The van der Waals surface area contributed by atoms with Gasteiger partial charge in [0, 0.05) is 13.2 Å². The molecule has 1 saturated heterocycles. The van der Waals surface area contributed by atoms with Crippen molar-refractivity contribution in [2.45, 2.75) is 18.9 Å². The standard InChI is InChI=1S/C17H18FN3O2/c18-15-6-2-1-5-14(15)17(22)21-12-7-8-16(19-10-12)20-11-13-4-3-9-23-13/h1-2,5-8,10,13H,3-4,9,11H2,(H,19,20)(H,21,22). The molecule has 1 aliphatic heterocycles. The number of hydrogen-bond donors (Lipinski definition) is 2. The van der Waals surface area contributed by atoms with Crippen LogP contribution >= 0.6 is 0 Å². The second kappa shape index (κ2) is 7.19. The van der Waals surface area contributed by atoms with Gasteiger partial charge in [0.1, 0.15) is 11.6 Å². The second-order valence-electron chi connectivity index (χ2n) is 5.38. The van der Waals surface area contributed by atoms with Gasteiger partial charge in [-0.15, -0.1) is 0 Å². The van der Waals surface area contributed by atoms with Crippen molar-refractivity contribution < 1.29 is 13.9 Å². The molecule has 1 fully saturated rings. The third kappa shape index (κ3) is 4.04. The van der Waals surface area contributed by atoms with Crippen LogP contribution in [0.25, 0.3) is 0 Å². The Morgan fingerprint density at radius 3 is 2.87 bits per heavy atom. The second-order valence-corrected chi connectivity index (χ2v) is 5.38. The lowest BCUT2D eigenvalue weighted by Crippen LogP contribution is -2.19. The molecule has 3 rings (SSSR count). The van der Waals surface area contributed by atoms with Crippen LogP contribution in [0.1, 0.15) is 23.2 Å². The van der Waals surface area contributed by atoms with Gasteiger partial charge in [-0.1, -0.05) is 12.1 Å². The van der Waals surface area contributed by atoms with Gasteiger partial charge in [-0.25, -0.2) is 9.37 Å². The largest absolute Gasteiger partial charge is 0.376 e. The highest BCUT2D eigenvalue weighted by Crippen LogP contribution is 2.15. The number of rotatable bonds is 5. The molecule has 0 aliphatic carbocycles. The molecule has 1 aliphatic rings. The van der Waals surface area contributed by atoms with Crippen molar-refractivity contribution >= 4 is 17.4 Å². The lowest BCUT2D eigenvalue weighted by Gasteiger charge is -2.11. The molecular formula is C17H18FN3O2. The molecule has 2 aromatic rings. The molecule has 23 heavy (non-hydrogen) atoms. The average molecular weight is 315 g/mol. The Morgan fingerprint density at radius 2 is 2.17 bits per heavy atom. The van der Waals surface area contributed by atoms with Gasteiger partial charge in [-0.2, -0.15) is 0 Å². The molecule has 1 aromatic carbocycles. The van der Waals surface area contributed by atoms with Crippen LogP contribution in [-0.4, -0.2) is 30.1 Å². The summed E-state index contributed by atoms with van der Waals surface area (Å²) in [5.41, 5.74) is 0.522. The van der Waals surface area contributed by atoms with Gasteiger partial charge in [-0.05, 0) is 37.1 Å². The predicted molar refractivity (Wildman–Crippen MR) is 86.1 cm³/mol. The third-order valence-electron chi connectivity index (χ3n) is 3.67. The van der Waals surface area contributed by atoms with Crippen molar-refractivity contribution in [1.82, 2.24) is 4.98 Å². The molecular weight excluding hydrogens is 297 g/mol. The van der Waals surface area contributed by atoms with Crippen molar-refractivity contribution in [2.75, 3.05) is 23.8 Å². The molecule has 1 amide bonds. The number of ether oxygens (including phenoxy) is 1. The summed E-state index contributed by atoms with van der Waals surface area (Å²) >= 11 is 0. The maximum atomic E-state index is 13.6. The fourth-order valence-corrected chi connectivity index (χ4v) is 2.44. The van der Waals surface area contributed by atoms with Gasteiger partial charge in [0.25, 0.3) is 5.91 Å². The lowest BCUT2D eigenvalue weighted by molar-refractivity contribution is 0.102.